The molecule has 0 fully saturated rings. The first-order valence-corrected chi connectivity index (χ1v) is 5.87. The molecule has 0 heterocycles. The van der Waals surface area contributed by atoms with Gasteiger partial charge in [0.25, 0.3) is 0 Å². The van der Waals surface area contributed by atoms with Gasteiger partial charge in [0.2, 0.25) is 0 Å². The highest BCUT2D eigenvalue weighted by Crippen LogP contribution is 2.25. The van der Waals surface area contributed by atoms with Gasteiger partial charge in [-0.3, -0.25) is 0 Å². The van der Waals surface area contributed by atoms with E-state index in [0.29, 0.717) is 11.8 Å². The molecule has 0 aliphatic heterocycles. The molecule has 1 aromatic rings. The molecule has 0 saturated heterocycles. The van der Waals surface area contributed by atoms with Crippen LogP contribution in [-0.4, -0.2) is 7.11 Å². The van der Waals surface area contributed by atoms with E-state index in [-0.39, 0.29) is 0 Å². The second kappa shape index (κ2) is 5.74. The number of allylic oxidation sites excluding steroid dienone is 1. The lowest BCUT2D eigenvalue weighted by Crippen LogP contribution is -1.98. The largest absolute Gasteiger partial charge is 0.497 e. The molecule has 0 radical (unpaired) electrons. The smallest absolute Gasteiger partial charge is 0.119 e. The molecule has 0 saturated carbocycles. The minimum atomic E-state index is 0.376. The molecule has 0 spiro atoms. The van der Waals surface area contributed by atoms with Crippen molar-refractivity contribution in [3.05, 3.63) is 42.0 Å². The summed E-state index contributed by atoms with van der Waals surface area (Å²) in [5.41, 5.74) is 2.63. The highest BCUT2D eigenvalue weighted by molar-refractivity contribution is 5.37. The fraction of sp³-hybridized carbons (Fsp3) is 0.467. The molecule has 1 rings (SSSR count). The Morgan fingerprint density at radius 1 is 1.25 bits per heavy atom. The molecule has 1 nitrogen and oxygen atoms in total. The fourth-order valence-electron chi connectivity index (χ4n) is 1.79. The van der Waals surface area contributed by atoms with E-state index in [1.165, 1.54) is 11.1 Å². The van der Waals surface area contributed by atoms with E-state index in [9.17, 15) is 0 Å². The van der Waals surface area contributed by atoms with Crippen LogP contribution in [-0.2, 0) is 6.42 Å². The van der Waals surface area contributed by atoms with Gasteiger partial charge in [-0.1, -0.05) is 32.9 Å². The van der Waals surface area contributed by atoms with E-state index < -0.39 is 0 Å². The second-order valence-corrected chi connectivity index (χ2v) is 4.74. The highest BCUT2D eigenvalue weighted by Gasteiger charge is 2.07. The van der Waals surface area contributed by atoms with Crippen molar-refractivity contribution in [2.75, 3.05) is 7.11 Å². The van der Waals surface area contributed by atoms with E-state index in [1.807, 2.05) is 6.08 Å². The second-order valence-electron chi connectivity index (χ2n) is 4.74. The van der Waals surface area contributed by atoms with Gasteiger partial charge in [0.1, 0.15) is 5.75 Å². The maximum Gasteiger partial charge on any atom is 0.119 e. The van der Waals surface area contributed by atoms with Crippen molar-refractivity contribution in [1.82, 2.24) is 0 Å². The summed E-state index contributed by atoms with van der Waals surface area (Å²) in [6, 6.07) is 6.48. The van der Waals surface area contributed by atoms with Crippen LogP contribution in [0.4, 0.5) is 0 Å². The normalized spacial score (nSPS) is 12.6. The van der Waals surface area contributed by atoms with Gasteiger partial charge in [0.05, 0.1) is 7.11 Å². The SMILES string of the molecule is C=CC(C)c1cc(CC(C)C)cc(OC)c1. The molecule has 16 heavy (non-hydrogen) atoms. The van der Waals surface area contributed by atoms with Crippen LogP contribution in [0.1, 0.15) is 37.8 Å². The molecule has 1 atom stereocenters. The molecule has 88 valence electrons. The summed E-state index contributed by atoms with van der Waals surface area (Å²) in [6.07, 6.45) is 3.06. The molecule has 1 unspecified atom stereocenters. The molecule has 0 aromatic heterocycles. The Morgan fingerprint density at radius 2 is 1.94 bits per heavy atom. The van der Waals surface area contributed by atoms with Crippen LogP contribution in [0, 0.1) is 5.92 Å². The number of ether oxygens (including phenoxy) is 1. The number of hydrogen-bond acceptors (Lipinski definition) is 1. The van der Waals surface area contributed by atoms with E-state index >= 15 is 0 Å². The Hall–Kier alpha value is -1.24. The molecule has 0 amide bonds. The Balaban J connectivity index is 3.05. The molecule has 0 aliphatic rings. The maximum absolute atomic E-state index is 5.34. The summed E-state index contributed by atoms with van der Waals surface area (Å²) in [7, 11) is 1.72. The first-order chi connectivity index (χ1) is 7.56. The van der Waals surface area contributed by atoms with E-state index in [0.717, 1.165) is 12.2 Å². The predicted molar refractivity (Wildman–Crippen MR) is 70.1 cm³/mol. The van der Waals surface area contributed by atoms with Crippen LogP contribution in [0.2, 0.25) is 0 Å². The van der Waals surface area contributed by atoms with Gasteiger partial charge in [-0.15, -0.1) is 6.58 Å². The van der Waals surface area contributed by atoms with Crippen molar-refractivity contribution in [1.29, 1.82) is 0 Å². The number of methoxy groups -OCH3 is 1. The molecule has 1 aromatic carbocycles. The van der Waals surface area contributed by atoms with Crippen LogP contribution in [0.5, 0.6) is 5.75 Å². The van der Waals surface area contributed by atoms with Gasteiger partial charge >= 0.3 is 0 Å². The van der Waals surface area contributed by atoms with Crippen LogP contribution in [0.25, 0.3) is 0 Å². The summed E-state index contributed by atoms with van der Waals surface area (Å²) in [5, 5.41) is 0. The summed E-state index contributed by atoms with van der Waals surface area (Å²) in [4.78, 5) is 0. The van der Waals surface area contributed by atoms with Crippen molar-refractivity contribution >= 4 is 0 Å². The third-order valence-corrected chi connectivity index (χ3v) is 2.75. The monoisotopic (exact) mass is 218 g/mol. The predicted octanol–water partition coefficient (Wildman–Crippen LogP) is 4.18. The Labute approximate surface area is 99.1 Å². The highest BCUT2D eigenvalue weighted by atomic mass is 16.5. The molecule has 0 bridgehead atoms. The lowest BCUT2D eigenvalue weighted by molar-refractivity contribution is 0.413. The third-order valence-electron chi connectivity index (χ3n) is 2.75. The van der Waals surface area contributed by atoms with Crippen molar-refractivity contribution < 1.29 is 4.74 Å². The van der Waals surface area contributed by atoms with Crippen molar-refractivity contribution in [2.24, 2.45) is 5.92 Å². The zero-order valence-electron chi connectivity index (χ0n) is 10.8. The van der Waals surface area contributed by atoms with E-state index in [1.54, 1.807) is 7.11 Å². The summed E-state index contributed by atoms with van der Waals surface area (Å²) in [5.74, 6) is 1.99. The number of hydrogen-bond donors (Lipinski definition) is 0. The molecular formula is C15H22O. The fourth-order valence-corrected chi connectivity index (χ4v) is 1.79. The zero-order chi connectivity index (χ0) is 12.1. The minimum absolute atomic E-state index is 0.376. The van der Waals surface area contributed by atoms with Gasteiger partial charge < -0.3 is 4.74 Å². The van der Waals surface area contributed by atoms with Crippen molar-refractivity contribution in [3.63, 3.8) is 0 Å². The Kier molecular flexibility index (Phi) is 4.60. The van der Waals surface area contributed by atoms with Gasteiger partial charge in [-0.05, 0) is 41.5 Å². The van der Waals surface area contributed by atoms with Crippen LogP contribution in [0.15, 0.2) is 30.9 Å². The Morgan fingerprint density at radius 3 is 2.44 bits per heavy atom. The van der Waals surface area contributed by atoms with Gasteiger partial charge in [-0.25, -0.2) is 0 Å². The quantitative estimate of drug-likeness (QED) is 0.673. The van der Waals surface area contributed by atoms with Crippen LogP contribution in [0.3, 0.4) is 0 Å². The molecular weight excluding hydrogens is 196 g/mol. The van der Waals surface area contributed by atoms with Crippen molar-refractivity contribution in [2.45, 2.75) is 33.1 Å². The third kappa shape index (κ3) is 3.41. The topological polar surface area (TPSA) is 9.23 Å². The average molecular weight is 218 g/mol. The van der Waals surface area contributed by atoms with Gasteiger partial charge in [-0.2, -0.15) is 0 Å². The van der Waals surface area contributed by atoms with Gasteiger partial charge in [0, 0.05) is 0 Å². The summed E-state index contributed by atoms with van der Waals surface area (Å²) < 4.78 is 5.34. The molecule has 0 aliphatic carbocycles. The summed E-state index contributed by atoms with van der Waals surface area (Å²) >= 11 is 0. The van der Waals surface area contributed by atoms with Gasteiger partial charge in [0.15, 0.2) is 0 Å². The first kappa shape index (κ1) is 12.8. The van der Waals surface area contributed by atoms with Crippen LogP contribution >= 0.6 is 0 Å². The van der Waals surface area contributed by atoms with Crippen LogP contribution < -0.4 is 4.74 Å². The summed E-state index contributed by atoms with van der Waals surface area (Å²) in [6.45, 7) is 10.5. The maximum atomic E-state index is 5.34. The lowest BCUT2D eigenvalue weighted by Gasteiger charge is -2.13. The Bertz CT molecular complexity index is 352. The first-order valence-electron chi connectivity index (χ1n) is 5.87. The minimum Gasteiger partial charge on any atom is -0.497 e. The average Bonchev–Trinajstić information content (AvgIpc) is 2.26. The number of rotatable bonds is 5. The van der Waals surface area contributed by atoms with E-state index in [4.69, 9.17) is 4.74 Å². The standard InChI is InChI=1S/C15H22O/c1-6-12(4)14-8-13(7-11(2)3)9-15(10-14)16-5/h6,8-12H,1,7H2,2-5H3. The molecule has 1 heteroatoms. The molecule has 0 N–H and O–H groups in total. The number of benzene rings is 1. The zero-order valence-corrected chi connectivity index (χ0v) is 10.8. The van der Waals surface area contributed by atoms with Crippen molar-refractivity contribution in [3.8, 4) is 5.75 Å². The lowest BCUT2D eigenvalue weighted by atomic mass is 9.95. The van der Waals surface area contributed by atoms with E-state index in [2.05, 4.69) is 45.5 Å².